The summed E-state index contributed by atoms with van der Waals surface area (Å²) >= 11 is 0. The number of rotatable bonds is 9. The lowest BCUT2D eigenvalue weighted by molar-refractivity contribution is -0.141. The Labute approximate surface area is 177 Å². The van der Waals surface area contributed by atoms with E-state index in [9.17, 15) is 4.79 Å². The second-order valence-corrected chi connectivity index (χ2v) is 6.58. The van der Waals surface area contributed by atoms with Crippen LogP contribution in [0.2, 0.25) is 0 Å². The van der Waals surface area contributed by atoms with Crippen LogP contribution in [0.5, 0.6) is 5.75 Å². The Kier molecular flexibility index (Phi) is 9.28. The zero-order chi connectivity index (χ0) is 20.7. The fraction of sp³-hybridized carbons (Fsp3) is 0.333. The van der Waals surface area contributed by atoms with E-state index in [0.717, 1.165) is 11.3 Å². The van der Waals surface area contributed by atoms with Gasteiger partial charge in [-0.3, -0.25) is 5.41 Å². The number of nitrogens with two attached hydrogens (primary N) is 1. The molecule has 1 unspecified atom stereocenters. The standard InChI is InChI=1S/C21H28N4O3.ClH/c1-5-28-18-12-15(8-11-17(18)24-13(2)3)19(21(26)27-4)25-16-9-6-14(7-10-16)20(22)23;/h6-13,19,24-25H,5H2,1-4H3,(H3,22,23);1H. The van der Waals surface area contributed by atoms with Gasteiger partial charge in [0.15, 0.2) is 6.04 Å². The van der Waals surface area contributed by atoms with Crippen molar-refractivity contribution < 1.29 is 14.3 Å². The summed E-state index contributed by atoms with van der Waals surface area (Å²) in [6.07, 6.45) is 0. The molecule has 5 N–H and O–H groups in total. The molecule has 0 saturated carbocycles. The summed E-state index contributed by atoms with van der Waals surface area (Å²) in [5, 5.41) is 14.0. The number of nitrogen functional groups attached to an aromatic ring is 1. The van der Waals surface area contributed by atoms with Crippen LogP contribution in [0.15, 0.2) is 42.5 Å². The van der Waals surface area contributed by atoms with Crippen LogP contribution in [-0.2, 0) is 9.53 Å². The highest BCUT2D eigenvalue weighted by Crippen LogP contribution is 2.31. The number of methoxy groups -OCH3 is 1. The van der Waals surface area contributed by atoms with Crippen molar-refractivity contribution in [2.45, 2.75) is 32.9 Å². The van der Waals surface area contributed by atoms with Gasteiger partial charge in [-0.15, -0.1) is 12.4 Å². The quantitative estimate of drug-likeness (QED) is 0.278. The fourth-order valence-corrected chi connectivity index (χ4v) is 2.73. The summed E-state index contributed by atoms with van der Waals surface area (Å²) in [6, 6.07) is 12.1. The van der Waals surface area contributed by atoms with Crippen molar-refractivity contribution in [3.05, 3.63) is 53.6 Å². The number of ether oxygens (including phenoxy) is 2. The van der Waals surface area contributed by atoms with E-state index >= 15 is 0 Å². The van der Waals surface area contributed by atoms with Crippen LogP contribution in [0.1, 0.15) is 37.9 Å². The smallest absolute Gasteiger partial charge is 0.332 e. The summed E-state index contributed by atoms with van der Waals surface area (Å²) < 4.78 is 10.7. The molecule has 0 fully saturated rings. The number of halogens is 1. The molecule has 0 aliphatic heterocycles. The van der Waals surface area contributed by atoms with E-state index in [2.05, 4.69) is 10.6 Å². The van der Waals surface area contributed by atoms with Gasteiger partial charge in [0.1, 0.15) is 11.6 Å². The highest BCUT2D eigenvalue weighted by molar-refractivity contribution is 5.95. The van der Waals surface area contributed by atoms with Crippen molar-refractivity contribution in [1.29, 1.82) is 5.41 Å². The first-order valence-corrected chi connectivity index (χ1v) is 9.17. The highest BCUT2D eigenvalue weighted by atomic mass is 35.5. The van der Waals surface area contributed by atoms with Crippen molar-refractivity contribution in [1.82, 2.24) is 0 Å². The van der Waals surface area contributed by atoms with Crippen molar-refractivity contribution in [2.24, 2.45) is 5.73 Å². The summed E-state index contributed by atoms with van der Waals surface area (Å²) in [5.41, 5.74) is 8.41. The molecule has 2 rings (SSSR count). The van der Waals surface area contributed by atoms with Gasteiger partial charge in [-0.1, -0.05) is 6.07 Å². The van der Waals surface area contributed by atoms with Crippen molar-refractivity contribution in [2.75, 3.05) is 24.4 Å². The molecule has 1 atom stereocenters. The van der Waals surface area contributed by atoms with Crippen LogP contribution in [0.3, 0.4) is 0 Å². The molecular formula is C21H29ClN4O3. The number of carbonyl (C=O) groups excluding carboxylic acids is 1. The van der Waals surface area contributed by atoms with E-state index in [1.807, 2.05) is 39.0 Å². The number of benzene rings is 2. The zero-order valence-corrected chi connectivity index (χ0v) is 17.9. The van der Waals surface area contributed by atoms with Crippen molar-refractivity contribution in [3.63, 3.8) is 0 Å². The maximum Gasteiger partial charge on any atom is 0.332 e. The van der Waals surface area contributed by atoms with Crippen molar-refractivity contribution >= 4 is 35.6 Å². The van der Waals surface area contributed by atoms with E-state index in [4.69, 9.17) is 20.6 Å². The molecule has 8 heteroatoms. The molecule has 0 saturated heterocycles. The Morgan fingerprint density at radius 3 is 2.31 bits per heavy atom. The minimum atomic E-state index is -0.708. The van der Waals surface area contributed by atoms with Crippen LogP contribution < -0.4 is 21.1 Å². The molecule has 29 heavy (non-hydrogen) atoms. The van der Waals surface area contributed by atoms with Gasteiger partial charge in [-0.05, 0) is 62.7 Å². The molecule has 7 nitrogen and oxygen atoms in total. The normalized spacial score (nSPS) is 11.2. The van der Waals surface area contributed by atoms with Crippen LogP contribution in [0.4, 0.5) is 11.4 Å². The highest BCUT2D eigenvalue weighted by Gasteiger charge is 2.23. The molecule has 0 radical (unpaired) electrons. The average molecular weight is 421 g/mol. The summed E-state index contributed by atoms with van der Waals surface area (Å²) in [5.74, 6) is 0.254. The number of anilines is 2. The van der Waals surface area contributed by atoms with Gasteiger partial charge in [-0.2, -0.15) is 0 Å². The molecule has 2 aromatic carbocycles. The molecule has 2 aromatic rings. The van der Waals surface area contributed by atoms with Crippen LogP contribution in [0.25, 0.3) is 0 Å². The number of amidine groups is 1. The van der Waals surface area contributed by atoms with E-state index < -0.39 is 12.0 Å². The Bertz CT molecular complexity index is 825. The average Bonchev–Trinajstić information content (AvgIpc) is 2.67. The van der Waals surface area contributed by atoms with Gasteiger partial charge in [-0.25, -0.2) is 4.79 Å². The van der Waals surface area contributed by atoms with Gasteiger partial charge in [0.05, 0.1) is 19.4 Å². The molecule has 0 aliphatic rings. The lowest BCUT2D eigenvalue weighted by atomic mass is 10.0. The molecular weight excluding hydrogens is 392 g/mol. The molecule has 158 valence electrons. The Hall–Kier alpha value is -2.93. The maximum atomic E-state index is 12.4. The topological polar surface area (TPSA) is 109 Å². The minimum Gasteiger partial charge on any atom is -0.492 e. The van der Waals surface area contributed by atoms with Crippen LogP contribution >= 0.6 is 12.4 Å². The first-order valence-electron chi connectivity index (χ1n) is 9.17. The molecule has 0 aromatic heterocycles. The Morgan fingerprint density at radius 2 is 1.79 bits per heavy atom. The third-order valence-corrected chi connectivity index (χ3v) is 4.03. The molecule has 0 amide bonds. The number of nitrogens with one attached hydrogen (secondary N) is 3. The number of hydrogen-bond donors (Lipinski definition) is 4. The molecule has 0 spiro atoms. The lowest BCUT2D eigenvalue weighted by Crippen LogP contribution is -2.22. The van der Waals surface area contributed by atoms with Crippen LogP contribution in [0, 0.1) is 5.41 Å². The summed E-state index contributed by atoms with van der Waals surface area (Å²) in [7, 11) is 1.36. The number of esters is 1. The Balaban J connectivity index is 0.00000420. The minimum absolute atomic E-state index is 0. The van der Waals surface area contributed by atoms with E-state index in [1.54, 1.807) is 24.3 Å². The van der Waals surface area contributed by atoms with Crippen molar-refractivity contribution in [3.8, 4) is 5.75 Å². The summed E-state index contributed by atoms with van der Waals surface area (Å²) in [6.45, 7) is 6.53. The van der Waals surface area contributed by atoms with E-state index in [0.29, 0.717) is 23.6 Å². The van der Waals surface area contributed by atoms with Gasteiger partial charge in [0.25, 0.3) is 0 Å². The number of carbonyl (C=O) groups is 1. The van der Waals surface area contributed by atoms with Gasteiger partial charge < -0.3 is 25.8 Å². The number of hydrogen-bond acceptors (Lipinski definition) is 6. The molecule has 0 heterocycles. The van der Waals surface area contributed by atoms with E-state index in [1.165, 1.54) is 7.11 Å². The Morgan fingerprint density at radius 1 is 1.14 bits per heavy atom. The van der Waals surface area contributed by atoms with Gasteiger partial charge in [0.2, 0.25) is 0 Å². The SMILES string of the molecule is CCOc1cc(C(Nc2ccc(C(=N)N)cc2)C(=O)OC)ccc1NC(C)C.Cl. The first-order chi connectivity index (χ1) is 13.3. The van der Waals surface area contributed by atoms with Gasteiger partial charge in [0, 0.05) is 17.3 Å². The third-order valence-electron chi connectivity index (χ3n) is 4.03. The first kappa shape index (κ1) is 24.1. The predicted molar refractivity (Wildman–Crippen MR) is 119 cm³/mol. The fourth-order valence-electron chi connectivity index (χ4n) is 2.73. The second-order valence-electron chi connectivity index (χ2n) is 6.58. The van der Waals surface area contributed by atoms with Gasteiger partial charge >= 0.3 is 5.97 Å². The predicted octanol–water partition coefficient (Wildman–Crippen LogP) is 3.94. The third kappa shape index (κ3) is 6.57. The largest absolute Gasteiger partial charge is 0.492 e. The molecule has 0 bridgehead atoms. The maximum absolute atomic E-state index is 12.4. The van der Waals surface area contributed by atoms with Crippen LogP contribution in [-0.4, -0.2) is 31.6 Å². The second kappa shape index (κ2) is 11.2. The lowest BCUT2D eigenvalue weighted by Gasteiger charge is -2.21. The monoisotopic (exact) mass is 420 g/mol. The van der Waals surface area contributed by atoms with E-state index in [-0.39, 0.29) is 24.3 Å². The summed E-state index contributed by atoms with van der Waals surface area (Å²) in [4.78, 5) is 12.4. The molecule has 0 aliphatic carbocycles. The zero-order valence-electron chi connectivity index (χ0n) is 17.1.